The Morgan fingerprint density at radius 3 is 2.40 bits per heavy atom. The predicted molar refractivity (Wildman–Crippen MR) is 81.2 cm³/mol. The molecular weight excluding hydrogens is 252 g/mol. The van der Waals surface area contributed by atoms with Crippen LogP contribution in [0.25, 0.3) is 0 Å². The Balaban J connectivity index is 2.35. The van der Waals surface area contributed by atoms with Crippen LogP contribution in [0.4, 0.5) is 0 Å². The standard InChI is InChI=1S/C17H26O3/c1-4-17(5-2,16(18)19)12-8-9-13-20-15-11-7-6-10-14(15)3/h6-7,10-11H,4-5,8-9,12-13H2,1-3H3,(H,18,19). The predicted octanol–water partition coefficient (Wildman–Crippen LogP) is 4.44. The maximum atomic E-state index is 11.4. The van der Waals surface area contributed by atoms with E-state index in [9.17, 15) is 9.90 Å². The second kappa shape index (κ2) is 7.93. The molecule has 1 aromatic carbocycles. The number of aliphatic carboxylic acids is 1. The molecule has 0 radical (unpaired) electrons. The summed E-state index contributed by atoms with van der Waals surface area (Å²) in [5.74, 6) is 0.255. The van der Waals surface area contributed by atoms with E-state index in [0.717, 1.165) is 30.6 Å². The van der Waals surface area contributed by atoms with E-state index in [-0.39, 0.29) is 0 Å². The van der Waals surface area contributed by atoms with Crippen molar-refractivity contribution in [3.63, 3.8) is 0 Å². The third-order valence-corrected chi connectivity index (χ3v) is 4.21. The monoisotopic (exact) mass is 278 g/mol. The Morgan fingerprint density at radius 2 is 1.85 bits per heavy atom. The van der Waals surface area contributed by atoms with Crippen LogP contribution in [0.15, 0.2) is 24.3 Å². The van der Waals surface area contributed by atoms with E-state index in [4.69, 9.17) is 4.74 Å². The molecule has 0 saturated carbocycles. The molecule has 0 bridgehead atoms. The molecule has 0 aliphatic rings. The molecule has 1 aromatic rings. The number of carboxylic acids is 1. The van der Waals surface area contributed by atoms with Gasteiger partial charge in [0.25, 0.3) is 0 Å². The molecule has 3 nitrogen and oxygen atoms in total. The number of hydrogen-bond acceptors (Lipinski definition) is 2. The Morgan fingerprint density at radius 1 is 1.20 bits per heavy atom. The van der Waals surface area contributed by atoms with Gasteiger partial charge >= 0.3 is 5.97 Å². The quantitative estimate of drug-likeness (QED) is 0.679. The largest absolute Gasteiger partial charge is 0.493 e. The van der Waals surface area contributed by atoms with Crippen molar-refractivity contribution in [2.45, 2.75) is 52.9 Å². The maximum absolute atomic E-state index is 11.4. The summed E-state index contributed by atoms with van der Waals surface area (Å²) in [6.45, 7) is 6.59. The summed E-state index contributed by atoms with van der Waals surface area (Å²) in [6, 6.07) is 7.95. The van der Waals surface area contributed by atoms with E-state index in [1.54, 1.807) is 0 Å². The van der Waals surface area contributed by atoms with Gasteiger partial charge < -0.3 is 9.84 Å². The molecule has 0 unspecified atom stereocenters. The summed E-state index contributed by atoms with van der Waals surface area (Å²) in [5, 5.41) is 9.36. The summed E-state index contributed by atoms with van der Waals surface area (Å²) in [7, 11) is 0. The number of aryl methyl sites for hydroxylation is 1. The Bertz CT molecular complexity index is 422. The highest BCUT2D eigenvalue weighted by molar-refractivity contribution is 5.74. The van der Waals surface area contributed by atoms with Crippen LogP contribution in [0.5, 0.6) is 5.75 Å². The van der Waals surface area contributed by atoms with Gasteiger partial charge in [-0.05, 0) is 50.7 Å². The van der Waals surface area contributed by atoms with Gasteiger partial charge in [0.1, 0.15) is 5.75 Å². The van der Waals surface area contributed by atoms with Crippen LogP contribution < -0.4 is 4.74 Å². The van der Waals surface area contributed by atoms with Crippen LogP contribution in [0.2, 0.25) is 0 Å². The van der Waals surface area contributed by atoms with E-state index >= 15 is 0 Å². The van der Waals surface area contributed by atoms with E-state index in [1.165, 1.54) is 0 Å². The normalized spacial score (nSPS) is 11.3. The van der Waals surface area contributed by atoms with Gasteiger partial charge in [-0.1, -0.05) is 32.0 Å². The smallest absolute Gasteiger partial charge is 0.309 e. The van der Waals surface area contributed by atoms with Crippen molar-refractivity contribution in [1.29, 1.82) is 0 Å². The molecule has 1 N–H and O–H groups in total. The van der Waals surface area contributed by atoms with E-state index in [2.05, 4.69) is 0 Å². The lowest BCUT2D eigenvalue weighted by Crippen LogP contribution is -2.29. The number of hydrogen-bond donors (Lipinski definition) is 1. The van der Waals surface area contributed by atoms with Gasteiger partial charge in [-0.3, -0.25) is 4.79 Å². The molecule has 0 aliphatic carbocycles. The first kappa shape index (κ1) is 16.5. The van der Waals surface area contributed by atoms with Crippen LogP contribution in [0.3, 0.4) is 0 Å². The lowest BCUT2D eigenvalue weighted by molar-refractivity contribution is -0.150. The minimum absolute atomic E-state index is 0.553. The summed E-state index contributed by atoms with van der Waals surface area (Å²) in [6.07, 6.45) is 3.89. The van der Waals surface area contributed by atoms with Crippen LogP contribution in [0.1, 0.15) is 51.5 Å². The third-order valence-electron chi connectivity index (χ3n) is 4.21. The van der Waals surface area contributed by atoms with Gasteiger partial charge in [0.05, 0.1) is 12.0 Å². The molecule has 0 aromatic heterocycles. The number of carboxylic acid groups (broad SMARTS) is 1. The minimum atomic E-state index is -0.665. The highest BCUT2D eigenvalue weighted by Gasteiger charge is 2.33. The number of ether oxygens (including phenoxy) is 1. The number of para-hydroxylation sites is 1. The average molecular weight is 278 g/mol. The summed E-state index contributed by atoms with van der Waals surface area (Å²) in [5.41, 5.74) is 0.581. The molecule has 0 spiro atoms. The molecule has 0 saturated heterocycles. The van der Waals surface area contributed by atoms with Crippen molar-refractivity contribution in [3.05, 3.63) is 29.8 Å². The molecule has 0 aliphatic heterocycles. The van der Waals surface area contributed by atoms with Gasteiger partial charge in [0.2, 0.25) is 0 Å². The number of benzene rings is 1. The summed E-state index contributed by atoms with van der Waals surface area (Å²) in [4.78, 5) is 11.4. The van der Waals surface area contributed by atoms with Crippen LogP contribution in [-0.4, -0.2) is 17.7 Å². The third kappa shape index (κ3) is 4.26. The molecular formula is C17H26O3. The summed E-state index contributed by atoms with van der Waals surface area (Å²) < 4.78 is 5.73. The van der Waals surface area contributed by atoms with Crippen molar-refractivity contribution in [3.8, 4) is 5.75 Å². The molecule has 0 atom stereocenters. The van der Waals surface area contributed by atoms with Gasteiger partial charge in [-0.15, -0.1) is 0 Å². The average Bonchev–Trinajstić information content (AvgIpc) is 2.45. The molecule has 0 fully saturated rings. The molecule has 0 amide bonds. The minimum Gasteiger partial charge on any atom is -0.493 e. The maximum Gasteiger partial charge on any atom is 0.309 e. The first-order chi connectivity index (χ1) is 9.55. The van der Waals surface area contributed by atoms with E-state index in [0.29, 0.717) is 19.4 Å². The van der Waals surface area contributed by atoms with Crippen molar-refractivity contribution in [2.75, 3.05) is 6.61 Å². The highest BCUT2D eigenvalue weighted by Crippen LogP contribution is 2.32. The Kier molecular flexibility index (Phi) is 6.56. The first-order valence-electron chi connectivity index (χ1n) is 7.47. The molecule has 112 valence electrons. The lowest BCUT2D eigenvalue weighted by atomic mass is 9.78. The fourth-order valence-corrected chi connectivity index (χ4v) is 2.48. The van der Waals surface area contributed by atoms with Gasteiger partial charge in [-0.2, -0.15) is 0 Å². The van der Waals surface area contributed by atoms with Crippen molar-refractivity contribution < 1.29 is 14.6 Å². The number of carbonyl (C=O) groups is 1. The van der Waals surface area contributed by atoms with Crippen molar-refractivity contribution in [1.82, 2.24) is 0 Å². The van der Waals surface area contributed by atoms with Crippen LogP contribution in [0, 0.1) is 12.3 Å². The highest BCUT2D eigenvalue weighted by atomic mass is 16.5. The zero-order valence-electron chi connectivity index (χ0n) is 12.8. The number of rotatable bonds is 9. The second-order valence-corrected chi connectivity index (χ2v) is 5.36. The van der Waals surface area contributed by atoms with Crippen molar-refractivity contribution >= 4 is 5.97 Å². The lowest BCUT2D eigenvalue weighted by Gasteiger charge is -2.26. The van der Waals surface area contributed by atoms with Crippen LogP contribution >= 0.6 is 0 Å². The molecule has 20 heavy (non-hydrogen) atoms. The molecule has 3 heteroatoms. The number of unbranched alkanes of at least 4 members (excludes halogenated alkanes) is 1. The zero-order chi connectivity index (χ0) is 15.0. The fourth-order valence-electron chi connectivity index (χ4n) is 2.48. The zero-order valence-corrected chi connectivity index (χ0v) is 12.8. The second-order valence-electron chi connectivity index (χ2n) is 5.36. The van der Waals surface area contributed by atoms with Gasteiger partial charge in [0.15, 0.2) is 0 Å². The Hall–Kier alpha value is -1.51. The van der Waals surface area contributed by atoms with E-state index < -0.39 is 11.4 Å². The molecule has 1 rings (SSSR count). The van der Waals surface area contributed by atoms with E-state index in [1.807, 2.05) is 45.0 Å². The van der Waals surface area contributed by atoms with Crippen molar-refractivity contribution in [2.24, 2.45) is 5.41 Å². The first-order valence-corrected chi connectivity index (χ1v) is 7.47. The SMILES string of the molecule is CCC(CC)(CCCCOc1ccccc1C)C(=O)O. The van der Waals surface area contributed by atoms with Crippen LogP contribution in [-0.2, 0) is 4.79 Å². The Labute approximate surface area is 122 Å². The topological polar surface area (TPSA) is 46.5 Å². The van der Waals surface area contributed by atoms with Gasteiger partial charge in [0, 0.05) is 0 Å². The van der Waals surface area contributed by atoms with Gasteiger partial charge in [-0.25, -0.2) is 0 Å². The summed E-state index contributed by atoms with van der Waals surface area (Å²) >= 11 is 0. The fraction of sp³-hybridized carbons (Fsp3) is 0.588. The molecule has 0 heterocycles.